The normalized spacial score (nSPS) is 11.8. The Balaban J connectivity index is 1.68. The molecule has 1 N–H and O–H groups in total. The highest BCUT2D eigenvalue weighted by Gasteiger charge is 2.20. The fourth-order valence-corrected chi connectivity index (χ4v) is 2.56. The van der Waals surface area contributed by atoms with Crippen molar-refractivity contribution in [3.63, 3.8) is 0 Å². The number of nitrogens with one attached hydrogen (secondary N) is 1. The van der Waals surface area contributed by atoms with Crippen molar-refractivity contribution >= 4 is 28.6 Å². The van der Waals surface area contributed by atoms with E-state index >= 15 is 0 Å². The fraction of sp³-hybridized carbons (Fsp3) is 0.200. The van der Waals surface area contributed by atoms with E-state index in [9.17, 15) is 9.59 Å². The van der Waals surface area contributed by atoms with E-state index in [0.29, 0.717) is 22.3 Å². The molecule has 0 saturated carbocycles. The number of carbonyl (C=O) groups excluding carboxylic acids is 2. The number of hydrogen-bond acceptors (Lipinski definition) is 5. The third-order valence-electron chi connectivity index (χ3n) is 4.00. The van der Waals surface area contributed by atoms with Gasteiger partial charge in [0.15, 0.2) is 6.10 Å². The van der Waals surface area contributed by atoms with Crippen LogP contribution in [0.1, 0.15) is 28.4 Å². The van der Waals surface area contributed by atoms with E-state index in [-0.39, 0.29) is 5.91 Å². The molecule has 0 aliphatic rings. The summed E-state index contributed by atoms with van der Waals surface area (Å²) in [6.45, 7) is 5.43. The lowest BCUT2D eigenvalue weighted by Crippen LogP contribution is -2.30. The maximum absolute atomic E-state index is 12.3. The lowest BCUT2D eigenvalue weighted by molar-refractivity contribution is -0.123. The Bertz CT molecular complexity index is 985. The van der Waals surface area contributed by atoms with Crippen LogP contribution < -0.4 is 5.32 Å². The second-order valence-corrected chi connectivity index (χ2v) is 6.11. The fourth-order valence-electron chi connectivity index (χ4n) is 2.56. The summed E-state index contributed by atoms with van der Waals surface area (Å²) in [6, 6.07) is 10.6. The molecule has 0 fully saturated rings. The van der Waals surface area contributed by atoms with Crippen molar-refractivity contribution in [3.05, 3.63) is 65.5 Å². The molecular weight excluding hydrogens is 330 g/mol. The van der Waals surface area contributed by atoms with Crippen molar-refractivity contribution in [2.75, 3.05) is 5.32 Å². The van der Waals surface area contributed by atoms with E-state index in [1.165, 1.54) is 6.92 Å². The number of benzene rings is 2. The molecule has 2 aromatic carbocycles. The number of aryl methyl sites for hydroxylation is 2. The molecule has 0 saturated heterocycles. The highest BCUT2D eigenvalue weighted by molar-refractivity contribution is 5.98. The van der Waals surface area contributed by atoms with Crippen LogP contribution in [0, 0.1) is 13.8 Å². The van der Waals surface area contributed by atoms with E-state index in [4.69, 9.17) is 4.74 Å². The number of amides is 1. The zero-order valence-corrected chi connectivity index (χ0v) is 14.8. The van der Waals surface area contributed by atoms with Crippen LogP contribution in [-0.2, 0) is 9.53 Å². The van der Waals surface area contributed by atoms with Gasteiger partial charge in [0, 0.05) is 18.1 Å². The molecule has 6 heteroatoms. The van der Waals surface area contributed by atoms with Crippen molar-refractivity contribution in [2.24, 2.45) is 0 Å². The summed E-state index contributed by atoms with van der Waals surface area (Å²) in [5.41, 5.74) is 4.36. The average Bonchev–Trinajstić information content (AvgIpc) is 2.63. The Hall–Kier alpha value is -3.28. The predicted octanol–water partition coefficient (Wildman–Crippen LogP) is 3.43. The van der Waals surface area contributed by atoms with Crippen LogP contribution in [-0.4, -0.2) is 27.9 Å². The second kappa shape index (κ2) is 7.31. The first kappa shape index (κ1) is 17.5. The quantitative estimate of drug-likeness (QED) is 0.730. The lowest BCUT2D eigenvalue weighted by atomic mass is 10.1. The van der Waals surface area contributed by atoms with E-state index in [1.807, 2.05) is 32.0 Å². The van der Waals surface area contributed by atoms with Gasteiger partial charge in [0.1, 0.15) is 0 Å². The number of nitrogens with zero attached hydrogens (tertiary/aromatic N) is 2. The smallest absolute Gasteiger partial charge is 0.338 e. The minimum atomic E-state index is -0.930. The van der Waals surface area contributed by atoms with Crippen LogP contribution in [0.2, 0.25) is 0 Å². The summed E-state index contributed by atoms with van der Waals surface area (Å²) in [7, 11) is 0. The summed E-state index contributed by atoms with van der Waals surface area (Å²) in [4.78, 5) is 32.9. The van der Waals surface area contributed by atoms with Gasteiger partial charge in [0.2, 0.25) is 0 Å². The van der Waals surface area contributed by atoms with Gasteiger partial charge in [-0.1, -0.05) is 17.7 Å². The largest absolute Gasteiger partial charge is 0.449 e. The lowest BCUT2D eigenvalue weighted by Gasteiger charge is -2.15. The van der Waals surface area contributed by atoms with Crippen LogP contribution in [0.5, 0.6) is 0 Å². The molecule has 0 radical (unpaired) electrons. The van der Waals surface area contributed by atoms with E-state index in [2.05, 4.69) is 15.3 Å². The standard InChI is InChI=1S/C20H19N3O3/c1-12-4-6-16(13(2)10-12)23-19(24)14(3)26-20(25)15-5-7-17-18(11-15)22-9-8-21-17/h4-11,14H,1-3H3,(H,23,24)/t14-/m0/s1. The van der Waals surface area contributed by atoms with Crippen LogP contribution in [0.25, 0.3) is 11.0 Å². The molecule has 0 aliphatic heterocycles. The molecule has 3 aromatic rings. The Morgan fingerprint density at radius 1 is 1.00 bits per heavy atom. The number of anilines is 1. The Morgan fingerprint density at radius 2 is 1.73 bits per heavy atom. The van der Waals surface area contributed by atoms with Crippen LogP contribution in [0.3, 0.4) is 0 Å². The summed E-state index contributed by atoms with van der Waals surface area (Å²) in [5.74, 6) is -0.966. The Morgan fingerprint density at radius 3 is 2.46 bits per heavy atom. The van der Waals surface area contributed by atoms with Gasteiger partial charge in [-0.3, -0.25) is 14.8 Å². The number of ether oxygens (including phenoxy) is 1. The first-order chi connectivity index (χ1) is 12.4. The summed E-state index contributed by atoms with van der Waals surface area (Å²) < 4.78 is 5.28. The van der Waals surface area contributed by atoms with Gasteiger partial charge in [0.25, 0.3) is 5.91 Å². The molecule has 0 unspecified atom stereocenters. The zero-order valence-electron chi connectivity index (χ0n) is 14.8. The maximum Gasteiger partial charge on any atom is 0.338 e. The van der Waals surface area contributed by atoms with Crippen molar-refractivity contribution < 1.29 is 14.3 Å². The van der Waals surface area contributed by atoms with Crippen LogP contribution in [0.15, 0.2) is 48.8 Å². The molecule has 1 atom stereocenters. The molecular formula is C20H19N3O3. The van der Waals surface area contributed by atoms with E-state index in [1.54, 1.807) is 30.6 Å². The van der Waals surface area contributed by atoms with Gasteiger partial charge < -0.3 is 10.1 Å². The monoisotopic (exact) mass is 349 g/mol. The number of fused-ring (bicyclic) bond motifs is 1. The molecule has 0 aliphatic carbocycles. The number of carbonyl (C=O) groups is 2. The number of rotatable bonds is 4. The molecule has 1 aromatic heterocycles. The first-order valence-corrected chi connectivity index (χ1v) is 8.24. The van der Waals surface area contributed by atoms with Gasteiger partial charge in [-0.15, -0.1) is 0 Å². The molecule has 1 amide bonds. The van der Waals surface area contributed by atoms with Crippen molar-refractivity contribution in [3.8, 4) is 0 Å². The van der Waals surface area contributed by atoms with Gasteiger partial charge >= 0.3 is 5.97 Å². The summed E-state index contributed by atoms with van der Waals surface area (Å²) in [6.07, 6.45) is 2.21. The van der Waals surface area contributed by atoms with Crippen LogP contribution >= 0.6 is 0 Å². The van der Waals surface area contributed by atoms with Gasteiger partial charge in [-0.2, -0.15) is 0 Å². The summed E-state index contributed by atoms with van der Waals surface area (Å²) in [5, 5.41) is 2.79. The Labute approximate surface area is 151 Å². The van der Waals surface area contributed by atoms with Crippen molar-refractivity contribution in [2.45, 2.75) is 26.9 Å². The molecule has 0 bridgehead atoms. The van der Waals surface area contributed by atoms with E-state index < -0.39 is 12.1 Å². The second-order valence-electron chi connectivity index (χ2n) is 6.11. The van der Waals surface area contributed by atoms with Gasteiger partial charge in [-0.25, -0.2) is 4.79 Å². The highest BCUT2D eigenvalue weighted by Crippen LogP contribution is 2.17. The minimum absolute atomic E-state index is 0.323. The molecule has 3 rings (SSSR count). The molecule has 6 nitrogen and oxygen atoms in total. The van der Waals surface area contributed by atoms with Gasteiger partial charge in [0.05, 0.1) is 16.6 Å². The third kappa shape index (κ3) is 3.85. The molecule has 0 spiro atoms. The zero-order chi connectivity index (χ0) is 18.7. The predicted molar refractivity (Wildman–Crippen MR) is 99.0 cm³/mol. The SMILES string of the molecule is Cc1ccc(NC(=O)[C@H](C)OC(=O)c2ccc3nccnc3c2)c(C)c1. The third-order valence-corrected chi connectivity index (χ3v) is 4.00. The van der Waals surface area contributed by atoms with Crippen molar-refractivity contribution in [1.29, 1.82) is 0 Å². The first-order valence-electron chi connectivity index (χ1n) is 8.24. The van der Waals surface area contributed by atoms with Crippen molar-refractivity contribution in [1.82, 2.24) is 9.97 Å². The van der Waals surface area contributed by atoms with Crippen LogP contribution in [0.4, 0.5) is 5.69 Å². The molecule has 1 heterocycles. The maximum atomic E-state index is 12.3. The average molecular weight is 349 g/mol. The topological polar surface area (TPSA) is 81.2 Å². The molecule has 26 heavy (non-hydrogen) atoms. The van der Waals surface area contributed by atoms with Gasteiger partial charge in [-0.05, 0) is 50.6 Å². The number of aromatic nitrogens is 2. The molecule has 132 valence electrons. The number of hydrogen-bond donors (Lipinski definition) is 1. The minimum Gasteiger partial charge on any atom is -0.449 e. The summed E-state index contributed by atoms with van der Waals surface area (Å²) >= 11 is 0. The Kier molecular flexibility index (Phi) is 4.93. The number of esters is 1. The highest BCUT2D eigenvalue weighted by atomic mass is 16.5. The van der Waals surface area contributed by atoms with E-state index in [0.717, 1.165) is 11.1 Å².